The molecular weight excluding hydrogens is 702 g/mol. The number of benzene rings is 6. The molecule has 44 heavy (non-hydrogen) atoms. The molecule has 0 amide bonds. The van der Waals surface area contributed by atoms with E-state index >= 15 is 0 Å². The van der Waals surface area contributed by atoms with E-state index in [1.807, 2.05) is 0 Å². The van der Waals surface area contributed by atoms with E-state index in [-0.39, 0.29) is 34.0 Å². The maximum absolute atomic E-state index is 2.49. The smallest absolute Gasteiger partial charge is 0.115 e. The zero-order valence-electron chi connectivity index (χ0n) is 24.5. The lowest BCUT2D eigenvalue weighted by Gasteiger charge is -2.28. The van der Waals surface area contributed by atoms with Crippen LogP contribution in [0.5, 0.6) is 0 Å². The van der Waals surface area contributed by atoms with Crippen LogP contribution in [0.2, 0.25) is 0 Å². The van der Waals surface area contributed by atoms with Crippen LogP contribution in [0.25, 0.3) is 0 Å². The maximum atomic E-state index is 2.49. The van der Waals surface area contributed by atoms with Crippen LogP contribution in [0, 0.1) is 0 Å². The summed E-state index contributed by atoms with van der Waals surface area (Å²) in [5, 5.41) is 8.51. The molecule has 6 aromatic carbocycles. The first-order valence-corrected chi connectivity index (χ1v) is 18.5. The Hall–Kier alpha value is -3.12. The third kappa shape index (κ3) is 6.91. The first-order chi connectivity index (χ1) is 20.8. The fourth-order valence-electron chi connectivity index (χ4n) is 6.09. The SMILES string of the molecule is C(=CC[P+](c1ccccc1)(c1ccccc1)c1ccccc1)C[P+](c1ccccc1)(c1ccccc1)c1ccccc1.[Br-].[Br-]. The molecule has 220 valence electrons. The number of halogens is 2. The van der Waals surface area contributed by atoms with E-state index in [0.29, 0.717) is 0 Å². The Balaban J connectivity index is 0.00000221. The van der Waals surface area contributed by atoms with Crippen LogP contribution in [0.3, 0.4) is 0 Å². The van der Waals surface area contributed by atoms with E-state index in [4.69, 9.17) is 0 Å². The third-order valence-electron chi connectivity index (χ3n) is 8.11. The van der Waals surface area contributed by atoms with E-state index in [1.54, 1.807) is 0 Å². The fourth-order valence-corrected chi connectivity index (χ4v) is 14.2. The molecule has 0 fully saturated rings. The second kappa shape index (κ2) is 16.3. The Labute approximate surface area is 285 Å². The van der Waals surface area contributed by atoms with Crippen LogP contribution in [0.1, 0.15) is 0 Å². The molecule has 6 aromatic rings. The average Bonchev–Trinajstić information content (AvgIpc) is 3.09. The van der Waals surface area contributed by atoms with Crippen molar-refractivity contribution in [3.8, 4) is 0 Å². The van der Waals surface area contributed by atoms with Crippen molar-refractivity contribution in [2.45, 2.75) is 0 Å². The predicted octanol–water partition coefficient (Wildman–Crippen LogP) is 1.54. The summed E-state index contributed by atoms with van der Waals surface area (Å²) in [4.78, 5) is 0. The minimum atomic E-state index is -1.93. The normalized spacial score (nSPS) is 11.4. The third-order valence-corrected chi connectivity index (χ3v) is 16.7. The Morgan fingerprint density at radius 1 is 0.273 bits per heavy atom. The molecule has 0 nitrogen and oxygen atoms in total. The lowest BCUT2D eigenvalue weighted by atomic mass is 10.4. The summed E-state index contributed by atoms with van der Waals surface area (Å²) in [7, 11) is -3.85. The molecule has 0 N–H and O–H groups in total. The van der Waals surface area contributed by atoms with Crippen LogP contribution in [0.4, 0.5) is 0 Å². The molecule has 0 atom stereocenters. The summed E-state index contributed by atoms with van der Waals surface area (Å²) in [6, 6.07) is 67.0. The van der Waals surface area contributed by atoms with E-state index in [9.17, 15) is 0 Å². The van der Waals surface area contributed by atoms with Crippen molar-refractivity contribution in [2.24, 2.45) is 0 Å². The molecule has 0 bridgehead atoms. The van der Waals surface area contributed by atoms with E-state index in [0.717, 1.165) is 12.3 Å². The summed E-state index contributed by atoms with van der Waals surface area (Å²) < 4.78 is 0. The molecule has 4 heteroatoms. The largest absolute Gasteiger partial charge is 1.00 e. The van der Waals surface area contributed by atoms with Crippen LogP contribution < -0.4 is 65.8 Å². The molecule has 0 spiro atoms. The number of rotatable bonds is 10. The van der Waals surface area contributed by atoms with Gasteiger partial charge in [-0.15, -0.1) is 0 Å². The lowest BCUT2D eigenvalue weighted by molar-refractivity contribution is -0.001000. The number of allylic oxidation sites excluding steroid dienone is 2. The number of hydrogen-bond acceptors (Lipinski definition) is 0. The van der Waals surface area contributed by atoms with Gasteiger partial charge in [-0.2, -0.15) is 0 Å². The quantitative estimate of drug-likeness (QED) is 0.148. The van der Waals surface area contributed by atoms with Gasteiger partial charge in [-0.25, -0.2) is 0 Å². The molecule has 0 aromatic heterocycles. The minimum Gasteiger partial charge on any atom is -1.00 e. The van der Waals surface area contributed by atoms with E-state index in [2.05, 4.69) is 194 Å². The van der Waals surface area contributed by atoms with Crippen molar-refractivity contribution < 1.29 is 34.0 Å². The highest BCUT2D eigenvalue weighted by atomic mass is 79.9. The van der Waals surface area contributed by atoms with E-state index in [1.165, 1.54) is 31.8 Å². The van der Waals surface area contributed by atoms with Crippen molar-refractivity contribution in [1.82, 2.24) is 0 Å². The molecule has 0 saturated heterocycles. The van der Waals surface area contributed by atoms with Crippen molar-refractivity contribution in [3.63, 3.8) is 0 Å². The molecule has 0 heterocycles. The van der Waals surface area contributed by atoms with Gasteiger partial charge in [-0.05, 0) is 84.9 Å². The first-order valence-electron chi connectivity index (χ1n) is 14.6. The van der Waals surface area contributed by atoms with Gasteiger partial charge in [0.1, 0.15) is 46.4 Å². The highest BCUT2D eigenvalue weighted by Crippen LogP contribution is 2.57. The molecule has 0 unspecified atom stereocenters. The zero-order chi connectivity index (χ0) is 28.5. The highest BCUT2D eigenvalue weighted by Gasteiger charge is 2.46. The highest BCUT2D eigenvalue weighted by molar-refractivity contribution is 7.96. The van der Waals surface area contributed by atoms with Crippen LogP contribution in [-0.4, -0.2) is 12.3 Å². The molecule has 0 radical (unpaired) electrons. The van der Waals surface area contributed by atoms with Gasteiger partial charge in [0, 0.05) is 0 Å². The van der Waals surface area contributed by atoms with Gasteiger partial charge in [-0.1, -0.05) is 109 Å². The second-order valence-electron chi connectivity index (χ2n) is 10.5. The van der Waals surface area contributed by atoms with Crippen LogP contribution in [-0.2, 0) is 0 Å². The van der Waals surface area contributed by atoms with Crippen LogP contribution >= 0.6 is 14.5 Å². The minimum absolute atomic E-state index is 0. The molecule has 6 rings (SSSR count). The van der Waals surface area contributed by atoms with Crippen molar-refractivity contribution >= 4 is 46.4 Å². The Bertz CT molecular complexity index is 1370. The predicted molar refractivity (Wildman–Crippen MR) is 189 cm³/mol. The lowest BCUT2D eigenvalue weighted by Crippen LogP contribution is -3.00. The number of hydrogen-bond donors (Lipinski definition) is 0. The summed E-state index contributed by atoms with van der Waals surface area (Å²) in [6.07, 6.45) is 6.93. The monoisotopic (exact) mass is 736 g/mol. The molecule has 0 aliphatic rings. The fraction of sp³-hybridized carbons (Fsp3) is 0.0500. The Morgan fingerprint density at radius 3 is 0.591 bits per heavy atom. The van der Waals surface area contributed by atoms with Crippen molar-refractivity contribution in [2.75, 3.05) is 12.3 Å². The first kappa shape index (κ1) is 33.8. The van der Waals surface area contributed by atoms with Gasteiger partial charge in [0.05, 0.1) is 12.3 Å². The van der Waals surface area contributed by atoms with Crippen molar-refractivity contribution in [1.29, 1.82) is 0 Å². The Morgan fingerprint density at radius 2 is 0.432 bits per heavy atom. The van der Waals surface area contributed by atoms with Gasteiger partial charge in [0.15, 0.2) is 0 Å². The van der Waals surface area contributed by atoms with Crippen molar-refractivity contribution in [3.05, 3.63) is 194 Å². The van der Waals surface area contributed by atoms with Crippen LogP contribution in [0.15, 0.2) is 194 Å². The summed E-state index contributed by atoms with van der Waals surface area (Å²) in [5.74, 6) is 0. The standard InChI is InChI=1S/C40H36P2.2BrH/c1-7-21-35(22-8-1)41(36-23-9-2-10-24-36,37-25-11-3-12-26-37)33-19-20-34-42(38-27-13-4-14-28-38,39-29-15-5-16-30-39)40-31-17-6-18-32-40;;/h1-32H,33-34H2;2*1H/q+2;;/p-2. The van der Waals surface area contributed by atoms with E-state index < -0.39 is 14.5 Å². The Kier molecular flexibility index (Phi) is 12.5. The second-order valence-corrected chi connectivity index (χ2v) is 17.5. The van der Waals surface area contributed by atoms with Gasteiger partial charge in [-0.3, -0.25) is 0 Å². The zero-order valence-corrected chi connectivity index (χ0v) is 29.5. The maximum Gasteiger partial charge on any atom is 0.115 e. The molecule has 0 aliphatic heterocycles. The van der Waals surface area contributed by atoms with Gasteiger partial charge < -0.3 is 34.0 Å². The van der Waals surface area contributed by atoms with Gasteiger partial charge >= 0.3 is 0 Å². The summed E-state index contributed by atoms with van der Waals surface area (Å²) in [6.45, 7) is 0. The summed E-state index contributed by atoms with van der Waals surface area (Å²) in [5.41, 5.74) is 0. The van der Waals surface area contributed by atoms with Gasteiger partial charge in [0.2, 0.25) is 0 Å². The van der Waals surface area contributed by atoms with Gasteiger partial charge in [0.25, 0.3) is 0 Å². The molecular formula is C40H36Br2P2. The average molecular weight is 738 g/mol. The summed E-state index contributed by atoms with van der Waals surface area (Å²) >= 11 is 0. The molecule has 0 aliphatic carbocycles. The molecule has 0 saturated carbocycles. The topological polar surface area (TPSA) is 0 Å².